The summed E-state index contributed by atoms with van der Waals surface area (Å²) in [6.07, 6.45) is 0. The lowest BCUT2D eigenvalue weighted by molar-refractivity contribution is 0.601. The van der Waals surface area contributed by atoms with Gasteiger partial charge in [0.15, 0.2) is 0 Å². The fraction of sp³-hybridized carbons (Fsp3) is 0.0769. The van der Waals surface area contributed by atoms with Crippen molar-refractivity contribution in [2.45, 2.75) is 16.7 Å². The molecule has 2 aromatic carbocycles. The summed E-state index contributed by atoms with van der Waals surface area (Å²) in [5.41, 5.74) is 1.20. The molecule has 0 aliphatic heterocycles. The van der Waals surface area contributed by atoms with Gasteiger partial charge in [-0.1, -0.05) is 17.7 Å². The monoisotopic (exact) mass is 345 g/mol. The molecule has 0 amide bonds. The molecule has 0 aromatic heterocycles. The van der Waals surface area contributed by atoms with Gasteiger partial charge >= 0.3 is 0 Å². The van der Waals surface area contributed by atoms with Gasteiger partial charge in [0, 0.05) is 16.4 Å². The van der Waals surface area contributed by atoms with Crippen LogP contribution in [0.1, 0.15) is 5.56 Å². The zero-order chi connectivity index (χ0) is 15.7. The van der Waals surface area contributed by atoms with E-state index in [2.05, 4.69) is 4.72 Å². The van der Waals surface area contributed by atoms with E-state index in [0.29, 0.717) is 0 Å². The van der Waals surface area contributed by atoms with Crippen LogP contribution in [0.25, 0.3) is 0 Å². The largest absolute Gasteiger partial charge is 0.280 e. The molecule has 0 spiro atoms. The van der Waals surface area contributed by atoms with E-state index in [9.17, 15) is 16.8 Å². The van der Waals surface area contributed by atoms with Gasteiger partial charge in [-0.2, -0.15) is 0 Å². The molecule has 0 aliphatic rings. The van der Waals surface area contributed by atoms with Crippen molar-refractivity contribution in [2.75, 3.05) is 4.72 Å². The Balaban J connectivity index is 2.27. The molecule has 0 fully saturated rings. The lowest BCUT2D eigenvalue weighted by atomic mass is 10.2. The topological polar surface area (TPSA) is 80.3 Å². The maximum absolute atomic E-state index is 12.1. The standard InChI is InChI=1S/C13H12ClNO4S2/c1-10-2-6-13(7-3-10)21(18,19)15-11-4-8-12(9-5-11)20(14,16)17/h2-9,15H,1H3. The van der Waals surface area contributed by atoms with Gasteiger partial charge in [-0.25, -0.2) is 16.8 Å². The molecule has 0 aliphatic carbocycles. The zero-order valence-corrected chi connectivity index (χ0v) is 13.3. The van der Waals surface area contributed by atoms with Crippen LogP contribution in [0, 0.1) is 6.92 Å². The second kappa shape index (κ2) is 5.67. The maximum Gasteiger partial charge on any atom is 0.261 e. The van der Waals surface area contributed by atoms with Gasteiger partial charge in [-0.15, -0.1) is 0 Å². The zero-order valence-electron chi connectivity index (χ0n) is 10.9. The van der Waals surface area contributed by atoms with Gasteiger partial charge in [0.1, 0.15) is 0 Å². The van der Waals surface area contributed by atoms with Gasteiger partial charge < -0.3 is 0 Å². The number of aryl methyl sites for hydroxylation is 1. The van der Waals surface area contributed by atoms with E-state index in [1.807, 2.05) is 6.92 Å². The summed E-state index contributed by atoms with van der Waals surface area (Å²) < 4.78 is 48.9. The second-order valence-corrected chi connectivity index (χ2v) is 8.63. The molecule has 0 bridgehead atoms. The maximum atomic E-state index is 12.1. The SMILES string of the molecule is Cc1ccc(S(=O)(=O)Nc2ccc(S(=O)(=O)Cl)cc2)cc1. The fourth-order valence-corrected chi connectivity index (χ4v) is 3.45. The van der Waals surface area contributed by atoms with Gasteiger partial charge in [-0.3, -0.25) is 4.72 Å². The van der Waals surface area contributed by atoms with Gasteiger partial charge in [0.25, 0.3) is 19.1 Å². The number of hydrogen-bond acceptors (Lipinski definition) is 4. The Bertz CT molecular complexity index is 842. The summed E-state index contributed by atoms with van der Waals surface area (Å²) in [6, 6.07) is 11.5. The third kappa shape index (κ3) is 3.96. The Morgan fingerprint density at radius 3 is 1.76 bits per heavy atom. The number of halogens is 1. The molecule has 0 heterocycles. The first-order chi connectivity index (χ1) is 9.68. The number of rotatable bonds is 4. The van der Waals surface area contributed by atoms with E-state index in [1.165, 1.54) is 36.4 Å². The summed E-state index contributed by atoms with van der Waals surface area (Å²) in [7, 11) is -2.35. The van der Waals surface area contributed by atoms with Crippen molar-refractivity contribution < 1.29 is 16.8 Å². The molecular formula is C13H12ClNO4S2. The lowest BCUT2D eigenvalue weighted by Crippen LogP contribution is -2.12. The molecule has 0 saturated carbocycles. The van der Waals surface area contributed by atoms with Crippen LogP contribution in [0.3, 0.4) is 0 Å². The highest BCUT2D eigenvalue weighted by atomic mass is 35.7. The number of sulfonamides is 1. The molecule has 0 saturated heterocycles. The van der Waals surface area contributed by atoms with Gasteiger partial charge in [0.05, 0.1) is 9.79 Å². The van der Waals surface area contributed by atoms with Crippen LogP contribution >= 0.6 is 10.7 Å². The average molecular weight is 346 g/mol. The van der Waals surface area contributed by atoms with Crippen molar-refractivity contribution >= 4 is 35.4 Å². The molecule has 2 rings (SSSR count). The van der Waals surface area contributed by atoms with Crippen molar-refractivity contribution in [1.82, 2.24) is 0 Å². The molecule has 112 valence electrons. The minimum atomic E-state index is -3.83. The third-order valence-corrected chi connectivity index (χ3v) is 5.49. The minimum Gasteiger partial charge on any atom is -0.280 e. The number of nitrogens with one attached hydrogen (secondary N) is 1. The first-order valence-electron chi connectivity index (χ1n) is 5.83. The van der Waals surface area contributed by atoms with Crippen LogP contribution in [0.4, 0.5) is 5.69 Å². The van der Waals surface area contributed by atoms with Crippen molar-refractivity contribution in [3.63, 3.8) is 0 Å². The normalized spacial score (nSPS) is 12.1. The summed E-state index contributed by atoms with van der Waals surface area (Å²) in [5.74, 6) is 0. The summed E-state index contributed by atoms with van der Waals surface area (Å²) >= 11 is 0. The quantitative estimate of drug-likeness (QED) is 0.864. The van der Waals surface area contributed by atoms with Crippen LogP contribution in [0.2, 0.25) is 0 Å². The van der Waals surface area contributed by atoms with Crippen LogP contribution in [0.15, 0.2) is 58.3 Å². The highest BCUT2D eigenvalue weighted by molar-refractivity contribution is 8.13. The van der Waals surface area contributed by atoms with Crippen LogP contribution in [0.5, 0.6) is 0 Å². The van der Waals surface area contributed by atoms with Gasteiger partial charge in [-0.05, 0) is 43.3 Å². The van der Waals surface area contributed by atoms with E-state index >= 15 is 0 Å². The first-order valence-corrected chi connectivity index (χ1v) is 9.62. The lowest BCUT2D eigenvalue weighted by Gasteiger charge is -2.08. The van der Waals surface area contributed by atoms with Gasteiger partial charge in [0.2, 0.25) is 0 Å². The predicted octanol–water partition coefficient (Wildman–Crippen LogP) is 2.72. The summed E-state index contributed by atoms with van der Waals surface area (Å²) in [4.78, 5) is 0.0320. The van der Waals surface area contributed by atoms with E-state index in [1.54, 1.807) is 12.1 Å². The van der Waals surface area contributed by atoms with Crippen LogP contribution < -0.4 is 4.72 Å². The van der Waals surface area contributed by atoms with Crippen molar-refractivity contribution in [3.8, 4) is 0 Å². The second-order valence-electron chi connectivity index (χ2n) is 4.38. The Kier molecular flexibility index (Phi) is 4.27. The smallest absolute Gasteiger partial charge is 0.261 e. The van der Waals surface area contributed by atoms with E-state index in [0.717, 1.165) is 5.56 Å². The van der Waals surface area contributed by atoms with E-state index in [-0.39, 0.29) is 15.5 Å². The molecular weight excluding hydrogens is 334 g/mol. The molecule has 8 heteroatoms. The minimum absolute atomic E-state index is 0.0950. The van der Waals surface area contributed by atoms with Crippen LogP contribution in [-0.4, -0.2) is 16.8 Å². The van der Waals surface area contributed by atoms with Crippen molar-refractivity contribution in [3.05, 3.63) is 54.1 Å². The van der Waals surface area contributed by atoms with Crippen LogP contribution in [-0.2, 0) is 19.1 Å². The molecule has 1 N–H and O–H groups in total. The summed E-state index contributed by atoms with van der Waals surface area (Å²) in [6.45, 7) is 1.86. The Morgan fingerprint density at radius 1 is 0.810 bits per heavy atom. The Labute approximate surface area is 128 Å². The first kappa shape index (κ1) is 15.8. The highest BCUT2D eigenvalue weighted by Gasteiger charge is 2.15. The molecule has 0 unspecified atom stereocenters. The number of hydrogen-bond donors (Lipinski definition) is 1. The average Bonchev–Trinajstić information content (AvgIpc) is 2.38. The number of benzene rings is 2. The molecule has 0 atom stereocenters. The Morgan fingerprint density at radius 2 is 1.29 bits per heavy atom. The molecule has 0 radical (unpaired) electrons. The number of anilines is 1. The Hall–Kier alpha value is -1.57. The fourth-order valence-electron chi connectivity index (χ4n) is 1.62. The third-order valence-electron chi connectivity index (χ3n) is 2.72. The predicted molar refractivity (Wildman–Crippen MR) is 81.5 cm³/mol. The van der Waals surface area contributed by atoms with Crippen molar-refractivity contribution in [2.24, 2.45) is 0 Å². The van der Waals surface area contributed by atoms with Crippen molar-refractivity contribution in [1.29, 1.82) is 0 Å². The van der Waals surface area contributed by atoms with E-state index in [4.69, 9.17) is 10.7 Å². The highest BCUT2D eigenvalue weighted by Crippen LogP contribution is 2.20. The molecule has 5 nitrogen and oxygen atoms in total. The molecule has 2 aromatic rings. The summed E-state index contributed by atoms with van der Waals surface area (Å²) in [5, 5.41) is 0. The van der Waals surface area contributed by atoms with E-state index < -0.39 is 19.1 Å². The molecule has 21 heavy (non-hydrogen) atoms.